The Kier molecular flexibility index (Phi) is 5.01. The van der Waals surface area contributed by atoms with Crippen molar-refractivity contribution in [1.82, 2.24) is 24.1 Å². The van der Waals surface area contributed by atoms with Crippen molar-refractivity contribution in [2.45, 2.75) is 17.8 Å². The number of nitrogens with zero attached hydrogens (tertiary/aromatic N) is 5. The zero-order valence-electron chi connectivity index (χ0n) is 16.3. The molecule has 5 aromatic rings. The Morgan fingerprint density at radius 1 is 1.13 bits per heavy atom. The molecule has 6 nitrogen and oxygen atoms in total. The first-order valence-corrected chi connectivity index (χ1v) is 12.0. The Bertz CT molecular complexity index is 1400. The first-order valence-electron chi connectivity index (χ1n) is 9.23. The summed E-state index contributed by atoms with van der Waals surface area (Å²) in [7, 11) is 1.98. The summed E-state index contributed by atoms with van der Waals surface area (Å²) in [6.07, 6.45) is 1.74. The predicted molar refractivity (Wildman–Crippen MR) is 123 cm³/mol. The Balaban J connectivity index is 1.44. The van der Waals surface area contributed by atoms with E-state index < -0.39 is 0 Å². The third-order valence-corrected chi connectivity index (χ3v) is 7.54. The van der Waals surface area contributed by atoms with Crippen molar-refractivity contribution >= 4 is 39.4 Å². The van der Waals surface area contributed by atoms with Crippen molar-refractivity contribution in [2.24, 2.45) is 7.05 Å². The molecule has 0 aliphatic carbocycles. The first-order chi connectivity index (χ1) is 14.6. The van der Waals surface area contributed by atoms with Crippen molar-refractivity contribution in [1.29, 1.82) is 0 Å². The number of thiophene rings is 1. The van der Waals surface area contributed by atoms with Gasteiger partial charge >= 0.3 is 0 Å². The molecule has 0 radical (unpaired) electrons. The minimum absolute atomic E-state index is 0.0586. The molecule has 0 bridgehead atoms. The van der Waals surface area contributed by atoms with Crippen LogP contribution in [-0.2, 0) is 12.8 Å². The fourth-order valence-electron chi connectivity index (χ4n) is 3.36. The molecule has 0 saturated carbocycles. The molecule has 150 valence electrons. The molecule has 0 aliphatic heterocycles. The van der Waals surface area contributed by atoms with E-state index in [1.54, 1.807) is 28.0 Å². The third-order valence-electron chi connectivity index (χ3n) is 4.82. The van der Waals surface area contributed by atoms with Crippen LogP contribution in [0.3, 0.4) is 0 Å². The summed E-state index contributed by atoms with van der Waals surface area (Å²) in [6, 6.07) is 11.9. The van der Waals surface area contributed by atoms with Crippen molar-refractivity contribution < 1.29 is 0 Å². The molecule has 1 aromatic carbocycles. The van der Waals surface area contributed by atoms with Crippen LogP contribution in [0.1, 0.15) is 10.6 Å². The average molecular weight is 452 g/mol. The van der Waals surface area contributed by atoms with Crippen LogP contribution in [0, 0.1) is 6.92 Å². The van der Waals surface area contributed by atoms with E-state index in [4.69, 9.17) is 0 Å². The minimum atomic E-state index is -0.0586. The summed E-state index contributed by atoms with van der Waals surface area (Å²) in [5.74, 6) is 1.39. The summed E-state index contributed by atoms with van der Waals surface area (Å²) < 4.78 is 3.57. The molecule has 0 atom stereocenters. The molecule has 5 rings (SSSR count). The standard InChI is InChI=1S/C21H17N5OS3/c1-13-18(14-6-4-3-5-7-14)16(12-29-13)19-23-24-21(25(19)2)30-11-15-10-17(27)26-8-9-28-20(26)22-15/h3-10,12H,11H2,1-2H3. The molecular weight excluding hydrogens is 434 g/mol. The van der Waals surface area contributed by atoms with Crippen molar-refractivity contribution in [3.63, 3.8) is 0 Å². The number of aryl methyl sites for hydroxylation is 1. The number of hydrogen-bond acceptors (Lipinski definition) is 7. The molecule has 0 aliphatic rings. The highest BCUT2D eigenvalue weighted by Crippen LogP contribution is 2.38. The lowest BCUT2D eigenvalue weighted by Crippen LogP contribution is -2.12. The third kappa shape index (κ3) is 3.38. The molecular formula is C21H17N5OS3. The number of thioether (sulfide) groups is 1. The normalized spacial score (nSPS) is 11.4. The second kappa shape index (κ2) is 7.82. The number of rotatable bonds is 5. The average Bonchev–Trinajstić information content (AvgIpc) is 3.46. The fraction of sp³-hybridized carbons (Fsp3) is 0.143. The number of benzene rings is 1. The molecule has 0 fully saturated rings. The van der Waals surface area contributed by atoms with E-state index in [1.807, 2.05) is 35.2 Å². The van der Waals surface area contributed by atoms with Gasteiger partial charge in [-0.25, -0.2) is 4.98 Å². The molecule has 0 saturated heterocycles. The SMILES string of the molecule is Cc1scc(-c2nnc(SCc3cc(=O)n4ccsc4n3)n2C)c1-c1ccccc1. The van der Waals surface area contributed by atoms with Crippen LogP contribution in [0.4, 0.5) is 0 Å². The van der Waals surface area contributed by atoms with Crippen molar-refractivity contribution in [3.05, 3.63) is 74.3 Å². The summed E-state index contributed by atoms with van der Waals surface area (Å²) in [5, 5.41) is 13.7. The highest BCUT2D eigenvalue weighted by molar-refractivity contribution is 7.98. The van der Waals surface area contributed by atoms with Crippen LogP contribution >= 0.6 is 34.4 Å². The van der Waals surface area contributed by atoms with E-state index in [0.717, 1.165) is 22.2 Å². The number of aromatic nitrogens is 5. The molecule has 0 spiro atoms. The molecule has 0 amide bonds. The highest BCUT2D eigenvalue weighted by atomic mass is 32.2. The first kappa shape index (κ1) is 19.2. The van der Waals surface area contributed by atoms with Crippen LogP contribution < -0.4 is 5.56 Å². The van der Waals surface area contributed by atoms with E-state index in [-0.39, 0.29) is 5.56 Å². The van der Waals surface area contributed by atoms with Crippen LogP contribution in [0.2, 0.25) is 0 Å². The van der Waals surface area contributed by atoms with Crippen LogP contribution in [0.15, 0.2) is 63.3 Å². The van der Waals surface area contributed by atoms with Crippen molar-refractivity contribution in [3.8, 4) is 22.5 Å². The molecule has 0 unspecified atom stereocenters. The molecule has 30 heavy (non-hydrogen) atoms. The van der Waals surface area contributed by atoms with Gasteiger partial charge in [0.2, 0.25) is 0 Å². The van der Waals surface area contributed by atoms with Gasteiger partial charge in [-0.05, 0) is 12.5 Å². The maximum atomic E-state index is 12.2. The zero-order chi connectivity index (χ0) is 20.7. The summed E-state index contributed by atoms with van der Waals surface area (Å²) in [6.45, 7) is 2.13. The monoisotopic (exact) mass is 451 g/mol. The van der Waals surface area contributed by atoms with Gasteiger partial charge in [-0.3, -0.25) is 9.20 Å². The van der Waals surface area contributed by atoms with Gasteiger partial charge in [0.05, 0.1) is 5.69 Å². The number of thiazole rings is 1. The largest absolute Gasteiger partial charge is 0.305 e. The van der Waals surface area contributed by atoms with Crippen LogP contribution in [0.5, 0.6) is 0 Å². The fourth-order valence-corrected chi connectivity index (χ4v) is 5.76. The summed E-state index contributed by atoms with van der Waals surface area (Å²) >= 11 is 4.70. The van der Waals surface area contributed by atoms with E-state index in [9.17, 15) is 4.79 Å². The molecule has 0 N–H and O–H groups in total. The van der Waals surface area contributed by atoms with Gasteiger partial charge in [0, 0.05) is 51.8 Å². The second-order valence-corrected chi connectivity index (χ2v) is 9.64. The Hall–Kier alpha value is -2.75. The lowest BCUT2D eigenvalue weighted by atomic mass is 10.0. The maximum Gasteiger partial charge on any atom is 0.258 e. The summed E-state index contributed by atoms with van der Waals surface area (Å²) in [4.78, 5) is 18.7. The summed E-state index contributed by atoms with van der Waals surface area (Å²) in [5.41, 5.74) is 4.15. The highest BCUT2D eigenvalue weighted by Gasteiger charge is 2.19. The molecule has 9 heteroatoms. The van der Waals surface area contributed by atoms with E-state index in [0.29, 0.717) is 10.7 Å². The Labute approximate surface area is 184 Å². The Morgan fingerprint density at radius 2 is 1.97 bits per heavy atom. The number of hydrogen-bond donors (Lipinski definition) is 0. The van der Waals surface area contributed by atoms with Gasteiger partial charge in [-0.15, -0.1) is 32.9 Å². The predicted octanol–water partition coefficient (Wildman–Crippen LogP) is 4.88. The lowest BCUT2D eigenvalue weighted by molar-refractivity contribution is 0.793. The van der Waals surface area contributed by atoms with Crippen LogP contribution in [0.25, 0.3) is 27.5 Å². The zero-order valence-corrected chi connectivity index (χ0v) is 18.7. The topological polar surface area (TPSA) is 65.1 Å². The van der Waals surface area contributed by atoms with E-state index >= 15 is 0 Å². The van der Waals surface area contributed by atoms with Gasteiger partial charge in [0.1, 0.15) is 0 Å². The smallest absolute Gasteiger partial charge is 0.258 e. The van der Waals surface area contributed by atoms with Gasteiger partial charge < -0.3 is 4.57 Å². The van der Waals surface area contributed by atoms with Gasteiger partial charge in [0.25, 0.3) is 5.56 Å². The Morgan fingerprint density at radius 3 is 2.80 bits per heavy atom. The maximum absolute atomic E-state index is 12.2. The number of fused-ring (bicyclic) bond motifs is 1. The molecule has 4 heterocycles. The lowest BCUT2D eigenvalue weighted by Gasteiger charge is -2.07. The van der Waals surface area contributed by atoms with Gasteiger partial charge in [-0.2, -0.15) is 0 Å². The van der Waals surface area contributed by atoms with Crippen LogP contribution in [-0.4, -0.2) is 24.1 Å². The second-order valence-electron chi connectivity index (χ2n) is 6.74. The molecule has 4 aromatic heterocycles. The van der Waals surface area contributed by atoms with E-state index in [1.165, 1.54) is 39.1 Å². The van der Waals surface area contributed by atoms with Gasteiger partial charge in [0.15, 0.2) is 15.9 Å². The van der Waals surface area contributed by atoms with Crippen molar-refractivity contribution in [2.75, 3.05) is 0 Å². The quantitative estimate of drug-likeness (QED) is 0.356. The van der Waals surface area contributed by atoms with E-state index in [2.05, 4.69) is 39.6 Å². The minimum Gasteiger partial charge on any atom is -0.305 e. The van der Waals surface area contributed by atoms with Gasteiger partial charge in [-0.1, -0.05) is 42.1 Å².